The van der Waals surface area contributed by atoms with Gasteiger partial charge < -0.3 is 0 Å². The molecule has 0 bridgehead atoms. The number of hydrogen-bond acceptors (Lipinski definition) is 0. The molecule has 0 aromatic heterocycles. The zero-order chi connectivity index (χ0) is 11.2. The monoisotopic (exact) mass is 240 g/mol. The van der Waals surface area contributed by atoms with Crippen molar-refractivity contribution < 1.29 is 0 Å². The topological polar surface area (TPSA) is 0 Å². The van der Waals surface area contributed by atoms with E-state index in [1.807, 2.05) is 72.8 Å². The van der Waals surface area contributed by atoms with E-state index in [2.05, 4.69) is 0 Å². The first-order valence-corrected chi connectivity index (χ1v) is 5.60. The van der Waals surface area contributed by atoms with Gasteiger partial charge in [0.25, 0.3) is 0 Å². The van der Waals surface area contributed by atoms with Crippen molar-refractivity contribution in [1.29, 1.82) is 0 Å². The van der Waals surface area contributed by atoms with E-state index in [0.29, 0.717) is 0 Å². The highest BCUT2D eigenvalue weighted by Crippen LogP contribution is 1.80. The minimum absolute atomic E-state index is 0.194. The summed E-state index contributed by atoms with van der Waals surface area (Å²) in [5.41, 5.74) is 0. The van der Waals surface area contributed by atoms with Crippen molar-refractivity contribution in [2.24, 2.45) is 0 Å². The van der Waals surface area contributed by atoms with Crippen LogP contribution in [0.3, 0.4) is 0 Å². The summed E-state index contributed by atoms with van der Waals surface area (Å²) in [4.78, 5) is 0. The average molecular weight is 241 g/mol. The normalized spacial score (nSPS) is 7.60. The fraction of sp³-hybridized carbons (Fsp3) is 0.0769. The molecule has 0 spiro atoms. The van der Waals surface area contributed by atoms with Gasteiger partial charge in [0, 0.05) is 0 Å². The third kappa shape index (κ3) is 13.0. The van der Waals surface area contributed by atoms with E-state index in [9.17, 15) is 0 Å². The van der Waals surface area contributed by atoms with E-state index >= 15 is 0 Å². The number of hydrogen-bond donors (Lipinski definition) is 0. The number of rotatable bonds is 0. The Balaban J connectivity index is 0.000000210. The molecule has 2 aromatic carbocycles. The predicted octanol–water partition coefficient (Wildman–Crippen LogP) is 4.79. The number of alkyl halides is 2. The standard InChI is InChI=1S/2C6H6.CH2Cl2/c2*1-2-4-6-5-3-1;2-1-3/h2*1-6H;1H2. The van der Waals surface area contributed by atoms with Crippen molar-refractivity contribution in [1.82, 2.24) is 0 Å². The minimum Gasteiger partial charge on any atom is -0.109 e. The quantitative estimate of drug-likeness (QED) is 0.581. The molecule has 0 aliphatic heterocycles. The Labute approximate surface area is 101 Å². The van der Waals surface area contributed by atoms with Gasteiger partial charge in [0.2, 0.25) is 0 Å². The van der Waals surface area contributed by atoms with Crippen molar-refractivity contribution in [2.45, 2.75) is 0 Å². The van der Waals surface area contributed by atoms with Crippen LogP contribution in [0.4, 0.5) is 0 Å². The van der Waals surface area contributed by atoms with E-state index in [4.69, 9.17) is 23.2 Å². The molecule has 2 rings (SSSR count). The molecule has 2 heteroatoms. The second-order valence-corrected chi connectivity index (χ2v) is 3.22. The van der Waals surface area contributed by atoms with Gasteiger partial charge in [-0.3, -0.25) is 0 Å². The molecule has 0 saturated carbocycles. The third-order valence-corrected chi connectivity index (χ3v) is 1.33. The molecule has 0 aliphatic rings. The lowest BCUT2D eigenvalue weighted by Crippen LogP contribution is -1.47. The molecule has 0 radical (unpaired) electrons. The van der Waals surface area contributed by atoms with Gasteiger partial charge in [-0.1, -0.05) is 72.8 Å². The molecule has 0 heterocycles. The second kappa shape index (κ2) is 13.0. The van der Waals surface area contributed by atoms with Crippen LogP contribution < -0.4 is 0 Å². The molecule has 15 heavy (non-hydrogen) atoms. The fourth-order valence-electron chi connectivity index (χ4n) is 0.770. The second-order valence-electron chi connectivity index (χ2n) is 2.41. The molecule has 0 N–H and O–H groups in total. The van der Waals surface area contributed by atoms with Crippen LogP contribution in [0.1, 0.15) is 0 Å². The van der Waals surface area contributed by atoms with Gasteiger partial charge in [0.05, 0.1) is 5.34 Å². The molecule has 80 valence electrons. The summed E-state index contributed by atoms with van der Waals surface area (Å²) in [5.74, 6) is 0. The lowest BCUT2D eigenvalue weighted by Gasteiger charge is -1.69. The van der Waals surface area contributed by atoms with Crippen molar-refractivity contribution in [3.05, 3.63) is 72.8 Å². The molecule has 2 aromatic rings. The van der Waals surface area contributed by atoms with Gasteiger partial charge in [-0.15, -0.1) is 23.2 Å². The van der Waals surface area contributed by atoms with Crippen molar-refractivity contribution in [3.8, 4) is 0 Å². The van der Waals surface area contributed by atoms with Crippen molar-refractivity contribution in [2.75, 3.05) is 5.34 Å². The van der Waals surface area contributed by atoms with Crippen LogP contribution in [0.15, 0.2) is 72.8 Å². The Morgan fingerprint density at radius 2 is 0.467 bits per heavy atom. The summed E-state index contributed by atoms with van der Waals surface area (Å²) in [5, 5.41) is 0.194. The Morgan fingerprint density at radius 1 is 0.400 bits per heavy atom. The maximum absolute atomic E-state index is 4.76. The van der Waals surface area contributed by atoms with Crippen LogP contribution in [-0.2, 0) is 0 Å². The largest absolute Gasteiger partial charge is 0.109 e. The third-order valence-electron chi connectivity index (χ3n) is 1.33. The first kappa shape index (κ1) is 14.0. The van der Waals surface area contributed by atoms with Gasteiger partial charge >= 0.3 is 0 Å². The molecule has 0 saturated heterocycles. The number of benzene rings is 2. The Kier molecular flexibility index (Phi) is 12.2. The highest BCUT2D eigenvalue weighted by atomic mass is 35.5. The van der Waals surface area contributed by atoms with Crippen LogP contribution >= 0.6 is 23.2 Å². The van der Waals surface area contributed by atoms with E-state index in [1.54, 1.807) is 0 Å². The Morgan fingerprint density at radius 3 is 0.533 bits per heavy atom. The molecule has 0 atom stereocenters. The first-order valence-electron chi connectivity index (χ1n) is 4.53. The summed E-state index contributed by atoms with van der Waals surface area (Å²) in [7, 11) is 0. The highest BCUT2D eigenvalue weighted by molar-refractivity contribution is 6.40. The van der Waals surface area contributed by atoms with Crippen molar-refractivity contribution in [3.63, 3.8) is 0 Å². The Hall–Kier alpha value is -0.980. The molecule has 0 amide bonds. The van der Waals surface area contributed by atoms with E-state index in [0.717, 1.165) is 0 Å². The van der Waals surface area contributed by atoms with Crippen LogP contribution in [0.2, 0.25) is 0 Å². The van der Waals surface area contributed by atoms with Gasteiger partial charge in [-0.25, -0.2) is 0 Å². The van der Waals surface area contributed by atoms with Crippen LogP contribution in [0.5, 0.6) is 0 Å². The smallest absolute Gasteiger partial charge is 0.0967 e. The maximum atomic E-state index is 4.76. The van der Waals surface area contributed by atoms with E-state index in [1.165, 1.54) is 0 Å². The summed E-state index contributed by atoms with van der Waals surface area (Å²) in [6.45, 7) is 0. The van der Waals surface area contributed by atoms with Crippen LogP contribution in [0.25, 0.3) is 0 Å². The summed E-state index contributed by atoms with van der Waals surface area (Å²) >= 11 is 9.53. The summed E-state index contributed by atoms with van der Waals surface area (Å²) in [6.07, 6.45) is 0. The lowest BCUT2D eigenvalue weighted by atomic mass is 10.4. The van der Waals surface area contributed by atoms with Gasteiger partial charge in [-0.05, 0) is 0 Å². The van der Waals surface area contributed by atoms with E-state index < -0.39 is 0 Å². The number of halogens is 2. The molecule has 0 nitrogen and oxygen atoms in total. The van der Waals surface area contributed by atoms with E-state index in [-0.39, 0.29) is 5.34 Å². The first-order chi connectivity index (χ1) is 7.41. The van der Waals surface area contributed by atoms with Crippen LogP contribution in [-0.4, -0.2) is 5.34 Å². The zero-order valence-electron chi connectivity index (χ0n) is 8.39. The predicted molar refractivity (Wildman–Crippen MR) is 69.5 cm³/mol. The molecular weight excluding hydrogens is 227 g/mol. The molecule has 0 fully saturated rings. The molecule has 0 unspecified atom stereocenters. The lowest BCUT2D eigenvalue weighted by molar-refractivity contribution is 1.72. The summed E-state index contributed by atoms with van der Waals surface area (Å²) < 4.78 is 0. The molecular formula is C13H14Cl2. The minimum atomic E-state index is 0.194. The molecule has 0 aliphatic carbocycles. The SMILES string of the molecule is ClCCl.c1ccccc1.c1ccccc1. The average Bonchev–Trinajstić information content (AvgIpc) is 2.35. The van der Waals surface area contributed by atoms with Gasteiger partial charge in [0.1, 0.15) is 0 Å². The van der Waals surface area contributed by atoms with Crippen molar-refractivity contribution >= 4 is 23.2 Å². The maximum Gasteiger partial charge on any atom is 0.0967 e. The summed E-state index contributed by atoms with van der Waals surface area (Å²) in [6, 6.07) is 24.0. The van der Waals surface area contributed by atoms with Gasteiger partial charge in [0.15, 0.2) is 0 Å². The van der Waals surface area contributed by atoms with Crippen LogP contribution in [0, 0.1) is 0 Å². The Bertz CT molecular complexity index is 197. The fourth-order valence-corrected chi connectivity index (χ4v) is 0.770. The van der Waals surface area contributed by atoms with Gasteiger partial charge in [-0.2, -0.15) is 0 Å². The zero-order valence-corrected chi connectivity index (χ0v) is 9.90. The highest BCUT2D eigenvalue weighted by Gasteiger charge is 1.58.